The summed E-state index contributed by atoms with van der Waals surface area (Å²) in [6, 6.07) is 5.46. The second-order valence-electron chi connectivity index (χ2n) is 7.39. The molecule has 2 amide bonds. The van der Waals surface area contributed by atoms with Crippen molar-refractivity contribution in [2.24, 2.45) is 0 Å². The molecule has 1 aromatic carbocycles. The van der Waals surface area contributed by atoms with Crippen molar-refractivity contribution < 1.29 is 23.8 Å². The van der Waals surface area contributed by atoms with Crippen LogP contribution in [0.4, 0.5) is 21.0 Å². The van der Waals surface area contributed by atoms with Crippen molar-refractivity contribution in [1.82, 2.24) is 5.32 Å². The summed E-state index contributed by atoms with van der Waals surface area (Å²) in [6.45, 7) is 6.18. The molecule has 2 aliphatic heterocycles. The fourth-order valence-electron chi connectivity index (χ4n) is 2.78. The summed E-state index contributed by atoms with van der Waals surface area (Å²) in [5.41, 5.74) is 0.937. The van der Waals surface area contributed by atoms with E-state index in [-0.39, 0.29) is 6.54 Å². The maximum atomic E-state index is 12.2. The Labute approximate surface area is 163 Å². The Kier molecular flexibility index (Phi) is 5.14. The third-order valence-corrected chi connectivity index (χ3v) is 4.48. The molecule has 2 heterocycles. The van der Waals surface area contributed by atoms with E-state index in [1.54, 1.807) is 26.8 Å². The number of nitrogens with one attached hydrogen (secondary N) is 1. The lowest BCUT2D eigenvalue weighted by Gasteiger charge is -2.29. The van der Waals surface area contributed by atoms with Crippen LogP contribution >= 0.6 is 12.2 Å². The Morgan fingerprint density at radius 2 is 2.15 bits per heavy atom. The van der Waals surface area contributed by atoms with Gasteiger partial charge >= 0.3 is 12.2 Å². The first-order valence-corrected chi connectivity index (χ1v) is 9.03. The van der Waals surface area contributed by atoms with Gasteiger partial charge in [0.05, 0.1) is 24.5 Å². The maximum absolute atomic E-state index is 12.2. The number of benzene rings is 1. The summed E-state index contributed by atoms with van der Waals surface area (Å²) in [7, 11) is 1.88. The third kappa shape index (κ3) is 4.41. The molecule has 2 aliphatic rings. The minimum absolute atomic E-state index is 0.176. The van der Waals surface area contributed by atoms with Crippen LogP contribution < -0.4 is 19.9 Å². The van der Waals surface area contributed by atoms with Crippen molar-refractivity contribution in [3.8, 4) is 5.75 Å². The van der Waals surface area contributed by atoms with Gasteiger partial charge in [-0.25, -0.2) is 9.59 Å². The van der Waals surface area contributed by atoms with E-state index in [2.05, 4.69) is 5.32 Å². The molecule has 1 fully saturated rings. The summed E-state index contributed by atoms with van der Waals surface area (Å²) in [6.07, 6.45) is -1.47. The van der Waals surface area contributed by atoms with Crippen molar-refractivity contribution in [2.75, 3.05) is 36.5 Å². The highest BCUT2D eigenvalue weighted by Gasteiger charge is 2.34. The largest absolute Gasteiger partial charge is 0.484 e. The molecule has 0 bridgehead atoms. The van der Waals surface area contributed by atoms with Crippen LogP contribution in [0.3, 0.4) is 0 Å². The standard InChI is InChI=1S/C18H23N3O5S/c1-18(2,3)26-16(22)19-8-12-9-21(17(23)25-12)11-5-6-13-14(7-11)24-10-15(27)20(13)4/h5-7,12H,8-10H2,1-4H3,(H,19,22). The lowest BCUT2D eigenvalue weighted by atomic mass is 10.2. The van der Waals surface area contributed by atoms with Crippen molar-refractivity contribution in [1.29, 1.82) is 0 Å². The van der Waals surface area contributed by atoms with E-state index >= 15 is 0 Å². The number of carbonyl (C=O) groups excluding carboxylic acids is 2. The molecule has 1 N–H and O–H groups in total. The van der Waals surface area contributed by atoms with Gasteiger partial charge < -0.3 is 24.4 Å². The third-order valence-electron chi connectivity index (χ3n) is 4.09. The lowest BCUT2D eigenvalue weighted by molar-refractivity contribution is 0.0496. The van der Waals surface area contributed by atoms with Gasteiger partial charge in [0, 0.05) is 13.1 Å². The molecule has 1 unspecified atom stereocenters. The first-order valence-electron chi connectivity index (χ1n) is 8.62. The summed E-state index contributed by atoms with van der Waals surface area (Å²) in [5, 5.41) is 2.62. The topological polar surface area (TPSA) is 80.3 Å². The Morgan fingerprint density at radius 3 is 2.85 bits per heavy atom. The van der Waals surface area contributed by atoms with Gasteiger partial charge in [0.25, 0.3) is 0 Å². The van der Waals surface area contributed by atoms with Crippen LogP contribution in [0.5, 0.6) is 5.75 Å². The van der Waals surface area contributed by atoms with Gasteiger partial charge in [-0.3, -0.25) is 4.90 Å². The van der Waals surface area contributed by atoms with Crippen molar-refractivity contribution in [3.63, 3.8) is 0 Å². The number of ether oxygens (including phenoxy) is 3. The number of alkyl carbamates (subject to hydrolysis) is 1. The second-order valence-corrected chi connectivity index (χ2v) is 7.86. The predicted octanol–water partition coefficient (Wildman–Crippen LogP) is 2.69. The van der Waals surface area contributed by atoms with E-state index in [9.17, 15) is 9.59 Å². The number of likely N-dealkylation sites (N-methyl/N-ethyl adjacent to an activating group) is 1. The normalized spacial score (nSPS) is 19.3. The van der Waals surface area contributed by atoms with Gasteiger partial charge in [0.1, 0.15) is 29.0 Å². The highest BCUT2D eigenvalue weighted by molar-refractivity contribution is 7.80. The molecule has 1 saturated heterocycles. The smallest absolute Gasteiger partial charge is 0.414 e. The first kappa shape index (κ1) is 19.2. The summed E-state index contributed by atoms with van der Waals surface area (Å²) in [5.74, 6) is 0.659. The number of thiocarbonyl (C=S) groups is 1. The molecule has 1 atom stereocenters. The van der Waals surface area contributed by atoms with Crippen molar-refractivity contribution >= 4 is 40.8 Å². The predicted molar refractivity (Wildman–Crippen MR) is 105 cm³/mol. The van der Waals surface area contributed by atoms with Gasteiger partial charge in [-0.05, 0) is 32.9 Å². The number of fused-ring (bicyclic) bond motifs is 1. The van der Waals surface area contributed by atoms with E-state index in [1.165, 1.54) is 4.90 Å². The fraction of sp³-hybridized carbons (Fsp3) is 0.500. The molecule has 8 nitrogen and oxygen atoms in total. The Bertz CT molecular complexity index is 777. The van der Waals surface area contributed by atoms with Gasteiger partial charge in [-0.1, -0.05) is 12.2 Å². The average molecular weight is 393 g/mol. The molecule has 0 spiro atoms. The summed E-state index contributed by atoms with van der Waals surface area (Å²) in [4.78, 5) is 28.1. The monoisotopic (exact) mass is 393 g/mol. The lowest BCUT2D eigenvalue weighted by Crippen LogP contribution is -2.38. The molecule has 0 saturated carbocycles. The number of cyclic esters (lactones) is 1. The number of hydrogen-bond donors (Lipinski definition) is 1. The van der Waals surface area contributed by atoms with Crippen molar-refractivity contribution in [3.05, 3.63) is 18.2 Å². The van der Waals surface area contributed by atoms with Crippen LogP contribution in [0.15, 0.2) is 18.2 Å². The molecular formula is C18H23N3O5S. The van der Waals surface area contributed by atoms with Crippen LogP contribution in [-0.2, 0) is 9.47 Å². The van der Waals surface area contributed by atoms with Crippen molar-refractivity contribution in [2.45, 2.75) is 32.5 Å². The van der Waals surface area contributed by atoms with Crippen LogP contribution in [0.25, 0.3) is 0 Å². The minimum atomic E-state index is -0.582. The Morgan fingerprint density at radius 1 is 1.41 bits per heavy atom. The van der Waals surface area contributed by atoms with Crippen LogP contribution in [0.1, 0.15) is 20.8 Å². The van der Waals surface area contributed by atoms with Crippen LogP contribution in [0.2, 0.25) is 0 Å². The molecule has 146 valence electrons. The molecule has 27 heavy (non-hydrogen) atoms. The molecular weight excluding hydrogens is 370 g/mol. The number of nitrogens with zero attached hydrogens (tertiary/aromatic N) is 2. The van der Waals surface area contributed by atoms with Crippen LogP contribution in [0, 0.1) is 0 Å². The SMILES string of the molecule is CN1C(=S)COc2cc(N3CC(CNC(=O)OC(C)(C)C)OC3=O)ccc21. The summed E-state index contributed by atoms with van der Waals surface area (Å²) < 4.78 is 16.2. The molecule has 0 aromatic heterocycles. The zero-order valence-electron chi connectivity index (χ0n) is 15.8. The van der Waals surface area contributed by atoms with E-state index in [4.69, 9.17) is 26.4 Å². The second kappa shape index (κ2) is 7.22. The van der Waals surface area contributed by atoms with E-state index in [0.717, 1.165) is 5.69 Å². The molecule has 3 rings (SSSR count). The molecule has 0 radical (unpaired) electrons. The van der Waals surface area contributed by atoms with E-state index < -0.39 is 23.9 Å². The quantitative estimate of drug-likeness (QED) is 0.791. The highest BCUT2D eigenvalue weighted by Crippen LogP contribution is 2.36. The Balaban J connectivity index is 1.63. The fourth-order valence-corrected chi connectivity index (χ4v) is 2.94. The zero-order valence-corrected chi connectivity index (χ0v) is 16.6. The van der Waals surface area contributed by atoms with Gasteiger partial charge in [0.15, 0.2) is 0 Å². The molecule has 1 aromatic rings. The van der Waals surface area contributed by atoms with Gasteiger partial charge in [0.2, 0.25) is 0 Å². The minimum Gasteiger partial charge on any atom is -0.484 e. The Hall–Kier alpha value is -2.55. The van der Waals surface area contributed by atoms with Crippen LogP contribution in [-0.4, -0.2) is 55.6 Å². The summed E-state index contributed by atoms with van der Waals surface area (Å²) >= 11 is 5.23. The van der Waals surface area contributed by atoms with Gasteiger partial charge in [-0.15, -0.1) is 0 Å². The average Bonchev–Trinajstić information content (AvgIpc) is 2.95. The number of carbonyl (C=O) groups is 2. The highest BCUT2D eigenvalue weighted by atomic mass is 32.1. The number of anilines is 2. The van der Waals surface area contributed by atoms with Gasteiger partial charge in [-0.2, -0.15) is 0 Å². The van der Waals surface area contributed by atoms with E-state index in [0.29, 0.717) is 29.6 Å². The maximum Gasteiger partial charge on any atom is 0.414 e. The number of hydrogen-bond acceptors (Lipinski definition) is 6. The molecule has 9 heteroatoms. The number of amides is 2. The number of rotatable bonds is 3. The van der Waals surface area contributed by atoms with E-state index in [1.807, 2.05) is 24.1 Å². The molecule has 0 aliphatic carbocycles. The first-order chi connectivity index (χ1) is 12.6. The zero-order chi connectivity index (χ0) is 19.8.